The number of carboxylic acid groups (broad SMARTS) is 1. The molecule has 0 spiro atoms. The second kappa shape index (κ2) is 5.15. The van der Waals surface area contributed by atoms with Crippen molar-refractivity contribution in [1.29, 1.82) is 0 Å². The Bertz CT molecular complexity index is 203. The monoisotopic (exact) mass is 197 g/mol. The van der Waals surface area contributed by atoms with Crippen LogP contribution >= 0.6 is 0 Å². The Balaban J connectivity index is 2.24. The van der Waals surface area contributed by atoms with Crippen LogP contribution in [0.2, 0.25) is 0 Å². The van der Waals surface area contributed by atoms with Crippen molar-refractivity contribution in [1.82, 2.24) is 4.90 Å². The van der Waals surface area contributed by atoms with Crippen molar-refractivity contribution in [2.45, 2.75) is 38.6 Å². The lowest BCUT2D eigenvalue weighted by Crippen LogP contribution is -2.29. The summed E-state index contributed by atoms with van der Waals surface area (Å²) in [5, 5.41) is 8.60. The summed E-state index contributed by atoms with van der Waals surface area (Å²) in [6, 6.07) is 0.647. The molecule has 80 valence electrons. The predicted octanol–water partition coefficient (Wildman–Crippen LogP) is 1.89. The van der Waals surface area contributed by atoms with Crippen LogP contribution in [0.3, 0.4) is 0 Å². The van der Waals surface area contributed by atoms with Crippen molar-refractivity contribution < 1.29 is 9.90 Å². The summed E-state index contributed by atoms with van der Waals surface area (Å²) in [5.74, 6) is -0.703. The highest BCUT2D eigenvalue weighted by Crippen LogP contribution is 2.27. The zero-order valence-electron chi connectivity index (χ0n) is 8.83. The van der Waals surface area contributed by atoms with E-state index in [1.165, 1.54) is 18.4 Å². The van der Waals surface area contributed by atoms with E-state index in [2.05, 4.69) is 11.5 Å². The molecule has 0 bridgehead atoms. The van der Waals surface area contributed by atoms with E-state index in [0.29, 0.717) is 12.6 Å². The summed E-state index contributed by atoms with van der Waals surface area (Å²) in [4.78, 5) is 12.7. The number of aliphatic carboxylic acids is 1. The van der Waals surface area contributed by atoms with Gasteiger partial charge in [-0.05, 0) is 26.2 Å². The molecule has 0 aliphatic heterocycles. The average Bonchev–Trinajstić information content (AvgIpc) is 2.86. The first-order valence-electron chi connectivity index (χ1n) is 5.20. The van der Waals surface area contributed by atoms with Crippen molar-refractivity contribution in [2.75, 3.05) is 13.1 Å². The zero-order valence-corrected chi connectivity index (χ0v) is 8.83. The number of carbonyl (C=O) groups is 1. The minimum absolute atomic E-state index is 0.257. The van der Waals surface area contributed by atoms with Crippen molar-refractivity contribution in [3.8, 4) is 0 Å². The van der Waals surface area contributed by atoms with Gasteiger partial charge in [-0.1, -0.05) is 5.57 Å². The van der Waals surface area contributed by atoms with Gasteiger partial charge in [0, 0.05) is 19.1 Å². The number of rotatable bonds is 7. The number of hydrogen-bond donors (Lipinski definition) is 1. The van der Waals surface area contributed by atoms with Crippen LogP contribution in [0.5, 0.6) is 0 Å². The van der Waals surface area contributed by atoms with E-state index in [4.69, 9.17) is 5.11 Å². The lowest BCUT2D eigenvalue weighted by molar-refractivity contribution is -0.137. The van der Waals surface area contributed by atoms with Crippen LogP contribution in [0.1, 0.15) is 32.6 Å². The second-order valence-electron chi connectivity index (χ2n) is 4.12. The Kier molecular flexibility index (Phi) is 4.14. The fourth-order valence-electron chi connectivity index (χ4n) is 1.49. The summed E-state index contributed by atoms with van der Waals surface area (Å²) >= 11 is 0. The largest absolute Gasteiger partial charge is 0.481 e. The molecule has 0 aromatic heterocycles. The van der Waals surface area contributed by atoms with E-state index in [0.717, 1.165) is 13.0 Å². The molecule has 1 saturated carbocycles. The standard InChI is InChI=1S/C11H19NO2/c1-9(2)5-7-12(10-3-4-10)8-6-11(13)14/h10H,1,3-8H2,2H3,(H,13,14). The Morgan fingerprint density at radius 1 is 1.43 bits per heavy atom. The van der Waals surface area contributed by atoms with Gasteiger partial charge in [-0.15, -0.1) is 6.58 Å². The molecule has 3 heteroatoms. The molecule has 1 fully saturated rings. The highest BCUT2D eigenvalue weighted by molar-refractivity contribution is 5.66. The average molecular weight is 197 g/mol. The van der Waals surface area contributed by atoms with Crippen LogP contribution in [0.25, 0.3) is 0 Å². The molecule has 0 saturated heterocycles. The summed E-state index contributed by atoms with van der Waals surface area (Å²) in [6.07, 6.45) is 3.70. The van der Waals surface area contributed by atoms with Crippen LogP contribution in [-0.2, 0) is 4.79 Å². The van der Waals surface area contributed by atoms with Gasteiger partial charge in [-0.3, -0.25) is 9.69 Å². The van der Waals surface area contributed by atoms with Gasteiger partial charge in [0.15, 0.2) is 0 Å². The molecule has 1 N–H and O–H groups in total. The highest BCUT2D eigenvalue weighted by Gasteiger charge is 2.28. The minimum Gasteiger partial charge on any atom is -0.481 e. The molecule has 3 nitrogen and oxygen atoms in total. The minimum atomic E-state index is -0.703. The molecule has 0 amide bonds. The first-order valence-corrected chi connectivity index (χ1v) is 5.20. The maximum Gasteiger partial charge on any atom is 0.304 e. The smallest absolute Gasteiger partial charge is 0.304 e. The van der Waals surface area contributed by atoms with Crippen molar-refractivity contribution >= 4 is 5.97 Å². The van der Waals surface area contributed by atoms with Gasteiger partial charge in [-0.2, -0.15) is 0 Å². The van der Waals surface area contributed by atoms with Gasteiger partial charge in [0.2, 0.25) is 0 Å². The Labute approximate surface area is 85.4 Å². The summed E-state index contributed by atoms with van der Waals surface area (Å²) in [5.41, 5.74) is 1.17. The molecule has 14 heavy (non-hydrogen) atoms. The van der Waals surface area contributed by atoms with Crippen molar-refractivity contribution in [2.24, 2.45) is 0 Å². The van der Waals surface area contributed by atoms with E-state index < -0.39 is 5.97 Å². The van der Waals surface area contributed by atoms with E-state index in [1.807, 2.05) is 6.92 Å². The van der Waals surface area contributed by atoms with Gasteiger partial charge < -0.3 is 5.11 Å². The maximum absolute atomic E-state index is 10.4. The first-order chi connectivity index (χ1) is 6.59. The number of carboxylic acids is 1. The van der Waals surface area contributed by atoms with Crippen LogP contribution in [-0.4, -0.2) is 35.1 Å². The van der Waals surface area contributed by atoms with E-state index >= 15 is 0 Å². The fourth-order valence-corrected chi connectivity index (χ4v) is 1.49. The third kappa shape index (κ3) is 4.42. The zero-order chi connectivity index (χ0) is 10.6. The summed E-state index contributed by atoms with van der Waals surface area (Å²) in [7, 11) is 0. The normalized spacial score (nSPS) is 15.9. The molecule has 0 radical (unpaired) electrons. The summed E-state index contributed by atoms with van der Waals surface area (Å²) in [6.45, 7) is 7.53. The predicted molar refractivity (Wildman–Crippen MR) is 56.3 cm³/mol. The van der Waals surface area contributed by atoms with Gasteiger partial charge in [0.05, 0.1) is 6.42 Å². The maximum atomic E-state index is 10.4. The Morgan fingerprint density at radius 3 is 2.43 bits per heavy atom. The molecule has 0 aromatic rings. The topological polar surface area (TPSA) is 40.5 Å². The molecule has 0 unspecified atom stereocenters. The van der Waals surface area contributed by atoms with Crippen LogP contribution in [0.15, 0.2) is 12.2 Å². The third-order valence-electron chi connectivity index (χ3n) is 2.50. The number of nitrogens with zero attached hydrogens (tertiary/aromatic N) is 1. The van der Waals surface area contributed by atoms with Gasteiger partial charge in [0.25, 0.3) is 0 Å². The molecule has 0 aromatic carbocycles. The van der Waals surface area contributed by atoms with E-state index in [9.17, 15) is 4.79 Å². The molecule has 0 atom stereocenters. The van der Waals surface area contributed by atoms with Gasteiger partial charge >= 0.3 is 5.97 Å². The summed E-state index contributed by atoms with van der Waals surface area (Å²) < 4.78 is 0. The molecule has 1 aliphatic carbocycles. The van der Waals surface area contributed by atoms with Crippen molar-refractivity contribution in [3.05, 3.63) is 12.2 Å². The van der Waals surface area contributed by atoms with Crippen LogP contribution in [0.4, 0.5) is 0 Å². The van der Waals surface area contributed by atoms with Gasteiger partial charge in [0.1, 0.15) is 0 Å². The fraction of sp³-hybridized carbons (Fsp3) is 0.727. The van der Waals surface area contributed by atoms with Gasteiger partial charge in [-0.25, -0.2) is 0 Å². The molecular formula is C11H19NO2. The molecule has 1 aliphatic rings. The van der Waals surface area contributed by atoms with E-state index in [-0.39, 0.29) is 6.42 Å². The Morgan fingerprint density at radius 2 is 2.00 bits per heavy atom. The number of hydrogen-bond acceptors (Lipinski definition) is 2. The lowest BCUT2D eigenvalue weighted by Gasteiger charge is -2.20. The highest BCUT2D eigenvalue weighted by atomic mass is 16.4. The Hall–Kier alpha value is -0.830. The SMILES string of the molecule is C=C(C)CCN(CCC(=O)O)C1CC1. The lowest BCUT2D eigenvalue weighted by atomic mass is 10.2. The van der Waals surface area contributed by atoms with Crippen LogP contribution < -0.4 is 0 Å². The first kappa shape index (κ1) is 11.2. The molecule has 1 rings (SSSR count). The van der Waals surface area contributed by atoms with Crippen molar-refractivity contribution in [3.63, 3.8) is 0 Å². The molecular weight excluding hydrogens is 178 g/mol. The molecule has 0 heterocycles. The van der Waals surface area contributed by atoms with Crippen LogP contribution in [0, 0.1) is 0 Å². The van der Waals surface area contributed by atoms with E-state index in [1.54, 1.807) is 0 Å². The second-order valence-corrected chi connectivity index (χ2v) is 4.12. The third-order valence-corrected chi connectivity index (χ3v) is 2.50. The quantitative estimate of drug-likeness (QED) is 0.634.